The largest absolute Gasteiger partial charge is 0.386 e. The lowest BCUT2D eigenvalue weighted by Crippen LogP contribution is -2.28. The van der Waals surface area contributed by atoms with Crippen LogP contribution in [0.3, 0.4) is 0 Å². The molecule has 1 rings (SSSR count). The fourth-order valence-corrected chi connectivity index (χ4v) is 1.60. The summed E-state index contributed by atoms with van der Waals surface area (Å²) in [7, 11) is 0. The average molecular weight is 139 g/mol. The summed E-state index contributed by atoms with van der Waals surface area (Å²) in [4.78, 5) is 0. The van der Waals surface area contributed by atoms with Crippen molar-refractivity contribution in [3.63, 3.8) is 0 Å². The summed E-state index contributed by atoms with van der Waals surface area (Å²) in [5.41, 5.74) is 1.12. The van der Waals surface area contributed by atoms with Gasteiger partial charge in [0.15, 0.2) is 0 Å². The van der Waals surface area contributed by atoms with Crippen molar-refractivity contribution in [2.45, 2.75) is 45.1 Å². The SMILES string of the molecule is C=C(C)NC1CCCCC1. The average Bonchev–Trinajstić information content (AvgIpc) is 1.88. The first-order chi connectivity index (χ1) is 4.79. The van der Waals surface area contributed by atoms with Crippen LogP contribution in [0.15, 0.2) is 12.3 Å². The minimum Gasteiger partial charge on any atom is -0.386 e. The molecule has 0 heterocycles. The second-order valence-electron chi connectivity index (χ2n) is 3.26. The highest BCUT2D eigenvalue weighted by atomic mass is 14.9. The lowest BCUT2D eigenvalue weighted by atomic mass is 9.95. The van der Waals surface area contributed by atoms with Crippen molar-refractivity contribution >= 4 is 0 Å². The first-order valence-electron chi connectivity index (χ1n) is 4.21. The summed E-state index contributed by atoms with van der Waals surface area (Å²) >= 11 is 0. The quantitative estimate of drug-likeness (QED) is 0.619. The Morgan fingerprint density at radius 3 is 2.40 bits per heavy atom. The first kappa shape index (κ1) is 7.64. The zero-order valence-corrected chi connectivity index (χ0v) is 6.82. The van der Waals surface area contributed by atoms with Gasteiger partial charge in [-0.1, -0.05) is 25.8 Å². The zero-order valence-electron chi connectivity index (χ0n) is 6.82. The van der Waals surface area contributed by atoms with Crippen molar-refractivity contribution < 1.29 is 0 Å². The smallest absolute Gasteiger partial charge is 0.0257 e. The van der Waals surface area contributed by atoms with Crippen LogP contribution in [0.2, 0.25) is 0 Å². The van der Waals surface area contributed by atoms with Gasteiger partial charge in [0.1, 0.15) is 0 Å². The van der Waals surface area contributed by atoms with E-state index in [0.717, 1.165) is 11.7 Å². The minimum absolute atomic E-state index is 0.728. The Bertz CT molecular complexity index is 112. The van der Waals surface area contributed by atoms with Crippen LogP contribution in [0.4, 0.5) is 0 Å². The summed E-state index contributed by atoms with van der Waals surface area (Å²) in [6.45, 7) is 5.87. The summed E-state index contributed by atoms with van der Waals surface area (Å²) < 4.78 is 0. The molecule has 1 heteroatoms. The molecule has 0 aromatic carbocycles. The van der Waals surface area contributed by atoms with Crippen LogP contribution < -0.4 is 5.32 Å². The summed E-state index contributed by atoms with van der Waals surface area (Å²) in [5, 5.41) is 3.39. The van der Waals surface area contributed by atoms with Gasteiger partial charge < -0.3 is 5.32 Å². The van der Waals surface area contributed by atoms with Gasteiger partial charge in [-0.05, 0) is 19.8 Å². The third-order valence-corrected chi connectivity index (χ3v) is 2.06. The van der Waals surface area contributed by atoms with Crippen LogP contribution in [0.5, 0.6) is 0 Å². The Morgan fingerprint density at radius 1 is 1.30 bits per heavy atom. The fraction of sp³-hybridized carbons (Fsp3) is 0.778. The molecule has 1 nitrogen and oxygen atoms in total. The molecule has 10 heavy (non-hydrogen) atoms. The van der Waals surface area contributed by atoms with Crippen LogP contribution >= 0.6 is 0 Å². The molecule has 0 amide bonds. The van der Waals surface area contributed by atoms with Gasteiger partial charge in [0.2, 0.25) is 0 Å². The van der Waals surface area contributed by atoms with Crippen molar-refractivity contribution in [2.75, 3.05) is 0 Å². The summed E-state index contributed by atoms with van der Waals surface area (Å²) in [6, 6.07) is 0.728. The lowest BCUT2D eigenvalue weighted by Gasteiger charge is -2.23. The van der Waals surface area contributed by atoms with Crippen LogP contribution in [-0.4, -0.2) is 6.04 Å². The topological polar surface area (TPSA) is 12.0 Å². The molecule has 0 unspecified atom stereocenters. The van der Waals surface area contributed by atoms with E-state index in [4.69, 9.17) is 0 Å². The molecule has 0 spiro atoms. The highest BCUT2D eigenvalue weighted by Crippen LogP contribution is 2.17. The van der Waals surface area contributed by atoms with Crippen LogP contribution in [0.25, 0.3) is 0 Å². The fourth-order valence-electron chi connectivity index (χ4n) is 1.60. The highest BCUT2D eigenvalue weighted by Gasteiger charge is 2.11. The van der Waals surface area contributed by atoms with Gasteiger partial charge in [-0.25, -0.2) is 0 Å². The predicted molar refractivity (Wildman–Crippen MR) is 44.8 cm³/mol. The zero-order chi connectivity index (χ0) is 7.40. The van der Waals surface area contributed by atoms with E-state index in [9.17, 15) is 0 Å². The number of allylic oxidation sites excluding steroid dienone is 1. The van der Waals surface area contributed by atoms with E-state index in [0.29, 0.717) is 0 Å². The van der Waals surface area contributed by atoms with Crippen molar-refractivity contribution in [1.29, 1.82) is 0 Å². The molecule has 1 aliphatic carbocycles. The van der Waals surface area contributed by atoms with E-state index in [2.05, 4.69) is 11.9 Å². The summed E-state index contributed by atoms with van der Waals surface area (Å²) in [6.07, 6.45) is 6.89. The second kappa shape index (κ2) is 3.65. The molecule has 1 saturated carbocycles. The Morgan fingerprint density at radius 2 is 1.90 bits per heavy atom. The van der Waals surface area contributed by atoms with Crippen molar-refractivity contribution in [3.05, 3.63) is 12.3 Å². The van der Waals surface area contributed by atoms with Gasteiger partial charge in [-0.3, -0.25) is 0 Å². The van der Waals surface area contributed by atoms with Crippen LogP contribution in [-0.2, 0) is 0 Å². The number of hydrogen-bond acceptors (Lipinski definition) is 1. The maximum absolute atomic E-state index is 3.84. The third kappa shape index (κ3) is 2.42. The molecule has 0 aliphatic heterocycles. The molecule has 0 aromatic rings. The van der Waals surface area contributed by atoms with Crippen LogP contribution in [0, 0.1) is 0 Å². The second-order valence-corrected chi connectivity index (χ2v) is 3.26. The minimum atomic E-state index is 0.728. The van der Waals surface area contributed by atoms with E-state index >= 15 is 0 Å². The molecule has 0 radical (unpaired) electrons. The third-order valence-electron chi connectivity index (χ3n) is 2.06. The van der Waals surface area contributed by atoms with E-state index in [1.165, 1.54) is 32.1 Å². The first-order valence-corrected chi connectivity index (χ1v) is 4.21. The molecule has 0 atom stereocenters. The molecule has 1 N–H and O–H groups in total. The Hall–Kier alpha value is -0.460. The molecular weight excluding hydrogens is 122 g/mol. The number of hydrogen-bond donors (Lipinski definition) is 1. The lowest BCUT2D eigenvalue weighted by molar-refractivity contribution is 0.397. The molecule has 0 saturated heterocycles. The maximum atomic E-state index is 3.84. The van der Waals surface area contributed by atoms with Gasteiger partial charge in [-0.2, -0.15) is 0 Å². The standard InChI is InChI=1S/C9H17N/c1-8(2)10-9-6-4-3-5-7-9/h9-10H,1,3-7H2,2H3. The Kier molecular flexibility index (Phi) is 2.79. The summed E-state index contributed by atoms with van der Waals surface area (Å²) in [5.74, 6) is 0. The van der Waals surface area contributed by atoms with E-state index in [1.54, 1.807) is 0 Å². The van der Waals surface area contributed by atoms with Crippen molar-refractivity contribution in [1.82, 2.24) is 5.32 Å². The molecule has 1 fully saturated rings. The molecule has 1 aliphatic rings. The van der Waals surface area contributed by atoms with Gasteiger partial charge in [0.25, 0.3) is 0 Å². The Balaban J connectivity index is 2.19. The Labute approximate surface area is 63.5 Å². The molecule has 0 bridgehead atoms. The van der Waals surface area contributed by atoms with E-state index < -0.39 is 0 Å². The predicted octanol–water partition coefficient (Wildman–Crippen LogP) is 2.44. The monoisotopic (exact) mass is 139 g/mol. The van der Waals surface area contributed by atoms with Crippen LogP contribution in [0.1, 0.15) is 39.0 Å². The normalized spacial score (nSPS) is 20.5. The van der Waals surface area contributed by atoms with E-state index in [1.807, 2.05) is 6.92 Å². The molecule has 0 aromatic heterocycles. The molecular formula is C9H17N. The van der Waals surface area contributed by atoms with Gasteiger partial charge in [0, 0.05) is 11.7 Å². The van der Waals surface area contributed by atoms with Gasteiger partial charge >= 0.3 is 0 Å². The highest BCUT2D eigenvalue weighted by molar-refractivity contribution is 4.89. The number of rotatable bonds is 2. The van der Waals surface area contributed by atoms with Crippen molar-refractivity contribution in [2.24, 2.45) is 0 Å². The number of nitrogens with one attached hydrogen (secondary N) is 1. The maximum Gasteiger partial charge on any atom is 0.0257 e. The molecule has 58 valence electrons. The van der Waals surface area contributed by atoms with Crippen molar-refractivity contribution in [3.8, 4) is 0 Å². The van der Waals surface area contributed by atoms with Gasteiger partial charge in [0.05, 0.1) is 0 Å². The van der Waals surface area contributed by atoms with Gasteiger partial charge in [-0.15, -0.1) is 0 Å². The van der Waals surface area contributed by atoms with E-state index in [-0.39, 0.29) is 0 Å².